The molecule has 0 spiro atoms. The van der Waals surface area contributed by atoms with E-state index in [1.54, 1.807) is 6.92 Å². The van der Waals surface area contributed by atoms with E-state index in [1.165, 1.54) is 4.90 Å². The van der Waals surface area contributed by atoms with Crippen molar-refractivity contribution < 1.29 is 24.2 Å². The van der Waals surface area contributed by atoms with E-state index in [0.717, 1.165) is 6.42 Å². The van der Waals surface area contributed by atoms with Crippen LogP contribution in [0.2, 0.25) is 0 Å². The van der Waals surface area contributed by atoms with Gasteiger partial charge in [0.25, 0.3) is 5.91 Å². The number of carbonyl (C=O) groups excluding carboxylic acids is 1. The molecule has 1 aliphatic rings. The molecule has 1 saturated heterocycles. The van der Waals surface area contributed by atoms with E-state index in [0.29, 0.717) is 25.7 Å². The van der Waals surface area contributed by atoms with Gasteiger partial charge >= 0.3 is 5.97 Å². The van der Waals surface area contributed by atoms with Crippen LogP contribution >= 0.6 is 0 Å². The summed E-state index contributed by atoms with van der Waals surface area (Å²) in [6.07, 6.45) is 0.266. The summed E-state index contributed by atoms with van der Waals surface area (Å²) in [6.45, 7) is 7.04. The second-order valence-electron chi connectivity index (χ2n) is 5.16. The van der Waals surface area contributed by atoms with Crippen molar-refractivity contribution in [3.63, 3.8) is 0 Å². The summed E-state index contributed by atoms with van der Waals surface area (Å²) in [5, 5.41) is 9.07. The molecule has 110 valence electrons. The second kappa shape index (κ2) is 7.45. The zero-order valence-electron chi connectivity index (χ0n) is 11.8. The average molecular weight is 273 g/mol. The Morgan fingerprint density at radius 2 is 2.11 bits per heavy atom. The number of carboxylic acid groups (broad SMARTS) is 1. The van der Waals surface area contributed by atoms with Crippen molar-refractivity contribution in [3.8, 4) is 0 Å². The summed E-state index contributed by atoms with van der Waals surface area (Å²) in [5.41, 5.74) is 0. The zero-order valence-corrected chi connectivity index (χ0v) is 11.8. The van der Waals surface area contributed by atoms with Gasteiger partial charge in [0, 0.05) is 13.2 Å². The number of morpholine rings is 1. The molecule has 1 fully saturated rings. The first-order valence-corrected chi connectivity index (χ1v) is 6.66. The van der Waals surface area contributed by atoms with Gasteiger partial charge in [-0.25, -0.2) is 4.79 Å². The first-order valence-electron chi connectivity index (χ1n) is 6.66. The van der Waals surface area contributed by atoms with Crippen LogP contribution in [0, 0.1) is 5.92 Å². The molecule has 0 bridgehead atoms. The predicted molar refractivity (Wildman–Crippen MR) is 68.8 cm³/mol. The van der Waals surface area contributed by atoms with Crippen molar-refractivity contribution in [2.75, 3.05) is 26.4 Å². The van der Waals surface area contributed by atoms with Gasteiger partial charge in [-0.15, -0.1) is 0 Å². The summed E-state index contributed by atoms with van der Waals surface area (Å²) in [5.74, 6) is -0.806. The molecular formula is C13H23NO5. The number of amides is 1. The van der Waals surface area contributed by atoms with Gasteiger partial charge in [-0.1, -0.05) is 13.8 Å². The van der Waals surface area contributed by atoms with E-state index < -0.39 is 18.1 Å². The Labute approximate surface area is 113 Å². The van der Waals surface area contributed by atoms with E-state index in [-0.39, 0.29) is 12.5 Å². The molecule has 6 heteroatoms. The van der Waals surface area contributed by atoms with Crippen LogP contribution in [-0.2, 0) is 19.1 Å². The summed E-state index contributed by atoms with van der Waals surface area (Å²) < 4.78 is 10.6. The lowest BCUT2D eigenvalue weighted by Gasteiger charge is -2.34. The number of carboxylic acids is 1. The minimum Gasteiger partial charge on any atom is -0.480 e. The summed E-state index contributed by atoms with van der Waals surface area (Å²) in [7, 11) is 0. The molecule has 0 saturated carbocycles. The number of nitrogens with zero attached hydrogens (tertiary/aromatic N) is 1. The van der Waals surface area contributed by atoms with Crippen LogP contribution in [-0.4, -0.2) is 60.4 Å². The first-order chi connectivity index (χ1) is 8.93. The molecule has 0 unspecified atom stereocenters. The van der Waals surface area contributed by atoms with E-state index in [4.69, 9.17) is 14.6 Å². The monoisotopic (exact) mass is 273 g/mol. The summed E-state index contributed by atoms with van der Waals surface area (Å²) in [4.78, 5) is 24.6. The fourth-order valence-corrected chi connectivity index (χ4v) is 1.86. The fourth-order valence-electron chi connectivity index (χ4n) is 1.86. The fraction of sp³-hybridized carbons (Fsp3) is 0.846. The molecule has 1 N–H and O–H groups in total. The average Bonchev–Trinajstić information content (AvgIpc) is 2.37. The Bertz CT molecular complexity index is 318. The van der Waals surface area contributed by atoms with Gasteiger partial charge in [0.15, 0.2) is 6.04 Å². The van der Waals surface area contributed by atoms with E-state index in [2.05, 4.69) is 13.8 Å². The number of carbonyl (C=O) groups is 2. The van der Waals surface area contributed by atoms with Crippen LogP contribution in [0.4, 0.5) is 0 Å². The van der Waals surface area contributed by atoms with Crippen LogP contribution in [0.5, 0.6) is 0 Å². The maximum atomic E-state index is 12.2. The van der Waals surface area contributed by atoms with Gasteiger partial charge in [0.05, 0.1) is 13.2 Å². The van der Waals surface area contributed by atoms with Gasteiger partial charge in [0.2, 0.25) is 0 Å². The molecule has 2 atom stereocenters. The lowest BCUT2D eigenvalue weighted by atomic mass is 10.1. The second-order valence-corrected chi connectivity index (χ2v) is 5.16. The molecule has 0 aromatic rings. The van der Waals surface area contributed by atoms with E-state index in [9.17, 15) is 9.59 Å². The van der Waals surface area contributed by atoms with Gasteiger partial charge in [-0.3, -0.25) is 4.79 Å². The Hall–Kier alpha value is -1.14. The number of hydrogen-bond acceptors (Lipinski definition) is 4. The van der Waals surface area contributed by atoms with Gasteiger partial charge in [-0.2, -0.15) is 0 Å². The molecule has 1 rings (SSSR count). The van der Waals surface area contributed by atoms with Crippen LogP contribution in [0.25, 0.3) is 0 Å². The highest BCUT2D eigenvalue weighted by Crippen LogP contribution is 2.11. The highest BCUT2D eigenvalue weighted by Gasteiger charge is 2.34. The minimum absolute atomic E-state index is 0.0415. The van der Waals surface area contributed by atoms with Crippen LogP contribution in [0.15, 0.2) is 0 Å². The van der Waals surface area contributed by atoms with E-state index in [1.807, 2.05) is 0 Å². The SMILES string of the molecule is CC(C)CCO[C@@H](C)C(=O)N1CCOC[C@H]1C(=O)O. The van der Waals surface area contributed by atoms with Crippen LogP contribution in [0.3, 0.4) is 0 Å². The van der Waals surface area contributed by atoms with Crippen molar-refractivity contribution in [2.24, 2.45) is 5.92 Å². The molecule has 0 radical (unpaired) electrons. The largest absolute Gasteiger partial charge is 0.480 e. The Kier molecular flexibility index (Phi) is 6.24. The molecule has 0 aromatic heterocycles. The van der Waals surface area contributed by atoms with Gasteiger partial charge in [-0.05, 0) is 19.3 Å². The molecule has 6 nitrogen and oxygen atoms in total. The highest BCUT2D eigenvalue weighted by molar-refractivity contribution is 5.86. The summed E-state index contributed by atoms with van der Waals surface area (Å²) in [6, 6.07) is -0.905. The van der Waals surface area contributed by atoms with Crippen LogP contribution < -0.4 is 0 Å². The standard InChI is InChI=1S/C13H23NO5/c1-9(2)4-6-19-10(3)12(15)14-5-7-18-8-11(14)13(16)17/h9-11H,4-8H2,1-3H3,(H,16,17)/t10-,11-/m0/s1. The smallest absolute Gasteiger partial charge is 0.328 e. The Morgan fingerprint density at radius 1 is 1.42 bits per heavy atom. The topological polar surface area (TPSA) is 76.1 Å². The van der Waals surface area contributed by atoms with Gasteiger partial charge < -0.3 is 19.5 Å². The maximum absolute atomic E-state index is 12.2. The van der Waals surface area contributed by atoms with Crippen molar-refractivity contribution in [2.45, 2.75) is 39.3 Å². The van der Waals surface area contributed by atoms with Crippen LogP contribution in [0.1, 0.15) is 27.2 Å². The van der Waals surface area contributed by atoms with E-state index >= 15 is 0 Å². The molecule has 19 heavy (non-hydrogen) atoms. The van der Waals surface area contributed by atoms with Crippen molar-refractivity contribution >= 4 is 11.9 Å². The molecule has 1 heterocycles. The Balaban J connectivity index is 2.51. The number of hydrogen-bond donors (Lipinski definition) is 1. The Morgan fingerprint density at radius 3 is 2.68 bits per heavy atom. The molecule has 1 aliphatic heterocycles. The third kappa shape index (κ3) is 4.80. The first kappa shape index (κ1) is 15.9. The predicted octanol–water partition coefficient (Wildman–Crippen LogP) is 0.750. The lowest BCUT2D eigenvalue weighted by molar-refractivity contribution is -0.163. The number of ether oxygens (including phenoxy) is 2. The normalized spacial score (nSPS) is 21.5. The number of rotatable bonds is 6. The third-order valence-corrected chi connectivity index (χ3v) is 3.11. The van der Waals surface area contributed by atoms with Crippen molar-refractivity contribution in [1.29, 1.82) is 0 Å². The zero-order chi connectivity index (χ0) is 14.4. The van der Waals surface area contributed by atoms with Gasteiger partial charge in [0.1, 0.15) is 6.10 Å². The molecular weight excluding hydrogens is 250 g/mol. The third-order valence-electron chi connectivity index (χ3n) is 3.11. The highest BCUT2D eigenvalue weighted by atomic mass is 16.5. The number of aliphatic carboxylic acids is 1. The molecule has 1 amide bonds. The van der Waals surface area contributed by atoms with Crippen molar-refractivity contribution in [1.82, 2.24) is 4.90 Å². The molecule has 0 aromatic carbocycles. The molecule has 0 aliphatic carbocycles. The summed E-state index contributed by atoms with van der Waals surface area (Å²) >= 11 is 0. The van der Waals surface area contributed by atoms with Crippen molar-refractivity contribution in [3.05, 3.63) is 0 Å². The minimum atomic E-state index is -1.04. The maximum Gasteiger partial charge on any atom is 0.328 e. The lowest BCUT2D eigenvalue weighted by Crippen LogP contribution is -2.55. The quantitative estimate of drug-likeness (QED) is 0.773.